The molecule has 0 radical (unpaired) electrons. The van der Waals surface area contributed by atoms with E-state index in [9.17, 15) is 14.7 Å². The molecule has 28 heavy (non-hydrogen) atoms. The van der Waals surface area contributed by atoms with E-state index in [1.165, 1.54) is 4.90 Å². The average molecular weight is 398 g/mol. The number of aromatic nitrogens is 2. The van der Waals surface area contributed by atoms with Crippen LogP contribution in [0.3, 0.4) is 0 Å². The first-order valence-corrected chi connectivity index (χ1v) is 9.53. The van der Waals surface area contributed by atoms with Crippen LogP contribution in [0.2, 0.25) is 0 Å². The van der Waals surface area contributed by atoms with Gasteiger partial charge in [0.1, 0.15) is 9.71 Å². The SMILES string of the molecule is Cc1cc(OCC(C)C)ncc1N1C(=O)Nc2c(C(=O)O)sc3nccc1c23. The third-order valence-corrected chi connectivity index (χ3v) is 5.39. The molecule has 1 aliphatic rings. The number of carboxylic acids is 1. The quantitative estimate of drug-likeness (QED) is 0.659. The number of carbonyl (C=O) groups is 2. The molecule has 0 spiro atoms. The molecule has 0 aliphatic carbocycles. The number of urea groups is 1. The highest BCUT2D eigenvalue weighted by atomic mass is 32.1. The minimum atomic E-state index is -1.10. The third-order valence-electron chi connectivity index (χ3n) is 4.30. The van der Waals surface area contributed by atoms with Gasteiger partial charge in [0, 0.05) is 12.3 Å². The minimum Gasteiger partial charge on any atom is -0.477 e. The zero-order valence-electron chi connectivity index (χ0n) is 15.5. The van der Waals surface area contributed by atoms with Gasteiger partial charge in [-0.15, -0.1) is 11.3 Å². The number of carboxylic acid groups (broad SMARTS) is 1. The molecule has 2 N–H and O–H groups in total. The number of nitrogens with zero attached hydrogens (tertiary/aromatic N) is 3. The van der Waals surface area contributed by atoms with E-state index in [1.54, 1.807) is 24.5 Å². The number of thiophene rings is 1. The van der Waals surface area contributed by atoms with Crippen LogP contribution in [0, 0.1) is 12.8 Å². The van der Waals surface area contributed by atoms with Crippen molar-refractivity contribution in [1.29, 1.82) is 0 Å². The summed E-state index contributed by atoms with van der Waals surface area (Å²) in [5.41, 5.74) is 2.27. The Hall–Kier alpha value is -3.20. The number of amides is 2. The van der Waals surface area contributed by atoms with Crippen LogP contribution in [-0.4, -0.2) is 33.7 Å². The van der Waals surface area contributed by atoms with Crippen LogP contribution in [0.1, 0.15) is 29.1 Å². The first kappa shape index (κ1) is 18.2. The van der Waals surface area contributed by atoms with Crippen molar-refractivity contribution in [2.75, 3.05) is 16.8 Å². The first-order chi connectivity index (χ1) is 13.4. The monoisotopic (exact) mass is 398 g/mol. The van der Waals surface area contributed by atoms with E-state index in [4.69, 9.17) is 4.74 Å². The molecule has 0 saturated carbocycles. The predicted octanol–water partition coefficient (Wildman–Crippen LogP) is 4.42. The largest absolute Gasteiger partial charge is 0.477 e. The molecular weight excluding hydrogens is 380 g/mol. The second-order valence-electron chi connectivity index (χ2n) is 6.90. The Balaban J connectivity index is 1.81. The van der Waals surface area contributed by atoms with E-state index in [1.807, 2.05) is 6.92 Å². The number of hydrogen-bond donors (Lipinski definition) is 2. The molecular formula is C19H18N4O4S. The van der Waals surface area contributed by atoms with Crippen molar-refractivity contribution in [2.24, 2.45) is 5.92 Å². The molecule has 1 aliphatic heterocycles. The maximum atomic E-state index is 12.9. The molecule has 0 atom stereocenters. The van der Waals surface area contributed by atoms with Gasteiger partial charge in [0.05, 0.1) is 35.3 Å². The maximum Gasteiger partial charge on any atom is 0.348 e. The van der Waals surface area contributed by atoms with Crippen molar-refractivity contribution in [3.63, 3.8) is 0 Å². The van der Waals surface area contributed by atoms with Crippen molar-refractivity contribution in [3.05, 3.63) is 35.0 Å². The van der Waals surface area contributed by atoms with Crippen molar-refractivity contribution >= 4 is 50.6 Å². The summed E-state index contributed by atoms with van der Waals surface area (Å²) >= 11 is 1.04. The van der Waals surface area contributed by atoms with Gasteiger partial charge >= 0.3 is 12.0 Å². The van der Waals surface area contributed by atoms with Crippen molar-refractivity contribution < 1.29 is 19.4 Å². The molecule has 0 fully saturated rings. The number of aromatic carboxylic acids is 1. The fourth-order valence-corrected chi connectivity index (χ4v) is 4.02. The third kappa shape index (κ3) is 2.93. The highest BCUT2D eigenvalue weighted by Crippen LogP contribution is 2.46. The second kappa shape index (κ2) is 6.75. The molecule has 0 bridgehead atoms. The Morgan fingerprint density at radius 3 is 2.82 bits per heavy atom. The summed E-state index contributed by atoms with van der Waals surface area (Å²) in [5, 5.41) is 12.8. The van der Waals surface area contributed by atoms with E-state index in [-0.39, 0.29) is 4.88 Å². The summed E-state index contributed by atoms with van der Waals surface area (Å²) in [5.74, 6) is -0.223. The predicted molar refractivity (Wildman–Crippen MR) is 107 cm³/mol. The maximum absolute atomic E-state index is 12.9. The Labute approximate surface area is 164 Å². The topological polar surface area (TPSA) is 105 Å². The van der Waals surface area contributed by atoms with Crippen LogP contribution in [0.15, 0.2) is 24.5 Å². The van der Waals surface area contributed by atoms with Crippen molar-refractivity contribution in [1.82, 2.24) is 9.97 Å². The molecule has 0 unspecified atom stereocenters. The summed E-state index contributed by atoms with van der Waals surface area (Å²) in [7, 11) is 0. The summed E-state index contributed by atoms with van der Waals surface area (Å²) in [6, 6.07) is 3.04. The van der Waals surface area contributed by atoms with E-state index in [0.717, 1.165) is 16.9 Å². The lowest BCUT2D eigenvalue weighted by atomic mass is 10.1. The van der Waals surface area contributed by atoms with Gasteiger partial charge in [-0.3, -0.25) is 4.90 Å². The van der Waals surface area contributed by atoms with Gasteiger partial charge in [-0.25, -0.2) is 19.6 Å². The summed E-state index contributed by atoms with van der Waals surface area (Å²) in [4.78, 5) is 35.1. The smallest absolute Gasteiger partial charge is 0.348 e. The summed E-state index contributed by atoms with van der Waals surface area (Å²) in [6.45, 7) is 6.53. The molecule has 8 nitrogen and oxygen atoms in total. The molecule has 3 aromatic rings. The zero-order chi connectivity index (χ0) is 20.0. The van der Waals surface area contributed by atoms with Crippen molar-refractivity contribution in [3.8, 4) is 5.88 Å². The van der Waals surface area contributed by atoms with Crippen LogP contribution in [0.4, 0.5) is 21.9 Å². The van der Waals surface area contributed by atoms with Gasteiger partial charge in [0.2, 0.25) is 5.88 Å². The average Bonchev–Trinajstić information content (AvgIpc) is 3.01. The van der Waals surface area contributed by atoms with Crippen LogP contribution in [-0.2, 0) is 0 Å². The number of aryl methyl sites for hydroxylation is 1. The Morgan fingerprint density at radius 2 is 2.14 bits per heavy atom. The number of ether oxygens (including phenoxy) is 1. The number of hydrogen-bond acceptors (Lipinski definition) is 6. The van der Waals surface area contributed by atoms with Gasteiger partial charge in [-0.1, -0.05) is 13.8 Å². The fourth-order valence-electron chi connectivity index (χ4n) is 3.06. The van der Waals surface area contributed by atoms with Gasteiger partial charge < -0.3 is 15.2 Å². The Bertz CT molecular complexity index is 1110. The van der Waals surface area contributed by atoms with E-state index in [0.29, 0.717) is 45.7 Å². The normalized spacial score (nSPS) is 13.1. The number of nitrogens with one attached hydrogen (secondary N) is 1. The molecule has 0 aromatic carbocycles. The number of rotatable bonds is 5. The van der Waals surface area contributed by atoms with Crippen molar-refractivity contribution in [2.45, 2.75) is 20.8 Å². The van der Waals surface area contributed by atoms with E-state index in [2.05, 4.69) is 29.1 Å². The van der Waals surface area contributed by atoms with Crippen LogP contribution >= 0.6 is 11.3 Å². The van der Waals surface area contributed by atoms with Gasteiger partial charge in [0.15, 0.2) is 0 Å². The molecule has 4 heterocycles. The number of carbonyl (C=O) groups excluding carboxylic acids is 1. The van der Waals surface area contributed by atoms with Crippen LogP contribution in [0.25, 0.3) is 10.2 Å². The zero-order valence-corrected chi connectivity index (χ0v) is 16.3. The molecule has 9 heteroatoms. The molecule has 0 saturated heterocycles. The Kier molecular flexibility index (Phi) is 4.38. The summed E-state index contributed by atoms with van der Waals surface area (Å²) < 4.78 is 5.66. The lowest BCUT2D eigenvalue weighted by molar-refractivity contribution is 0.0703. The molecule has 2 amide bonds. The molecule has 4 rings (SSSR count). The first-order valence-electron chi connectivity index (χ1n) is 8.72. The summed E-state index contributed by atoms with van der Waals surface area (Å²) in [6.07, 6.45) is 3.16. The van der Waals surface area contributed by atoms with Crippen LogP contribution in [0.5, 0.6) is 5.88 Å². The molecule has 144 valence electrons. The fraction of sp³-hybridized carbons (Fsp3) is 0.263. The Morgan fingerprint density at radius 1 is 1.36 bits per heavy atom. The lowest BCUT2D eigenvalue weighted by Crippen LogP contribution is -2.34. The van der Waals surface area contributed by atoms with Gasteiger partial charge in [0.25, 0.3) is 0 Å². The standard InChI is InChI=1S/C19H18N4O4S/c1-9(2)8-27-13-6-10(3)12(7-21-13)23-11-4-5-20-17-14(11)15(22-19(23)26)16(28-17)18(24)25/h4-7,9H,8H2,1-3H3,(H,22,26)(H,24,25). The lowest BCUT2D eigenvalue weighted by Gasteiger charge is -2.29. The highest BCUT2D eigenvalue weighted by molar-refractivity contribution is 7.21. The highest BCUT2D eigenvalue weighted by Gasteiger charge is 2.33. The second-order valence-corrected chi connectivity index (χ2v) is 7.90. The van der Waals surface area contributed by atoms with E-state index >= 15 is 0 Å². The minimum absolute atomic E-state index is 0.0650. The number of pyridine rings is 2. The molecule has 3 aromatic heterocycles. The van der Waals surface area contributed by atoms with E-state index < -0.39 is 12.0 Å². The number of anilines is 3. The van der Waals surface area contributed by atoms with Crippen LogP contribution < -0.4 is 15.0 Å². The van der Waals surface area contributed by atoms with Gasteiger partial charge in [-0.2, -0.15) is 0 Å². The van der Waals surface area contributed by atoms with Gasteiger partial charge in [-0.05, 0) is 24.5 Å².